The zero-order valence-corrected chi connectivity index (χ0v) is 19.8. The van der Waals surface area contributed by atoms with Crippen molar-refractivity contribution in [3.05, 3.63) is 86.3 Å². The van der Waals surface area contributed by atoms with E-state index in [4.69, 9.17) is 11.6 Å². The first-order valence-corrected chi connectivity index (χ1v) is 11.7. The Morgan fingerprint density at radius 3 is 2.66 bits per heavy atom. The van der Waals surface area contributed by atoms with Crippen LogP contribution in [0.5, 0.6) is 0 Å². The number of carbonyl (C=O) groups excluding carboxylic acids is 1. The van der Waals surface area contributed by atoms with Gasteiger partial charge in [-0.25, -0.2) is 9.97 Å². The second-order valence-electron chi connectivity index (χ2n) is 8.05. The Balaban J connectivity index is 1.38. The molecule has 12 heteroatoms. The highest BCUT2D eigenvalue weighted by Gasteiger charge is 2.31. The fraction of sp³-hybridized carbons (Fsp3) is 0.217. The van der Waals surface area contributed by atoms with Gasteiger partial charge in [0.05, 0.1) is 34.8 Å². The third kappa shape index (κ3) is 4.37. The zero-order valence-electron chi connectivity index (χ0n) is 18.2. The Kier molecular flexibility index (Phi) is 5.76. The van der Waals surface area contributed by atoms with E-state index in [-0.39, 0.29) is 40.8 Å². The fourth-order valence-electron chi connectivity index (χ4n) is 3.92. The number of amides is 1. The number of pyridine rings is 1. The van der Waals surface area contributed by atoms with Crippen LogP contribution in [-0.4, -0.2) is 36.5 Å². The molecule has 0 N–H and O–H groups in total. The van der Waals surface area contributed by atoms with Crippen molar-refractivity contribution in [1.82, 2.24) is 24.0 Å². The van der Waals surface area contributed by atoms with Crippen molar-refractivity contribution in [1.29, 1.82) is 0 Å². The van der Waals surface area contributed by atoms with Crippen LogP contribution >= 0.6 is 22.9 Å². The normalized spacial score (nSPS) is 13.9. The number of aromatic nitrogens is 4. The molecule has 0 spiro atoms. The molecule has 3 aromatic heterocycles. The lowest BCUT2D eigenvalue weighted by Gasteiger charge is -2.29. The summed E-state index contributed by atoms with van der Waals surface area (Å²) < 4.78 is 42.4. The molecule has 1 aromatic carbocycles. The minimum atomic E-state index is -4.50. The molecule has 4 heterocycles. The molecular weight excluding hydrogens is 503 g/mol. The molecule has 1 aliphatic heterocycles. The number of thiazole rings is 1. The first kappa shape index (κ1) is 23.3. The number of carbonyl (C=O) groups is 1. The number of imidazole rings is 1. The highest BCUT2D eigenvalue weighted by molar-refractivity contribution is 7.13. The molecule has 0 unspecified atom stereocenters. The molecule has 1 aliphatic rings. The van der Waals surface area contributed by atoms with Crippen molar-refractivity contribution in [3.8, 4) is 16.3 Å². The predicted molar refractivity (Wildman–Crippen MR) is 125 cm³/mol. The third-order valence-electron chi connectivity index (χ3n) is 5.67. The molecule has 0 saturated carbocycles. The first-order chi connectivity index (χ1) is 16.6. The van der Waals surface area contributed by atoms with Gasteiger partial charge >= 0.3 is 6.18 Å². The molecule has 1 amide bonds. The van der Waals surface area contributed by atoms with Gasteiger partial charge in [-0.3, -0.25) is 9.59 Å². The minimum absolute atomic E-state index is 0.155. The number of fused-ring (bicyclic) bond motifs is 1. The van der Waals surface area contributed by atoms with Crippen LogP contribution < -0.4 is 5.56 Å². The first-order valence-electron chi connectivity index (χ1n) is 10.5. The van der Waals surface area contributed by atoms with E-state index in [1.165, 1.54) is 10.6 Å². The average molecular weight is 520 g/mol. The molecule has 0 atom stereocenters. The van der Waals surface area contributed by atoms with Crippen LogP contribution in [0.3, 0.4) is 0 Å². The monoisotopic (exact) mass is 519 g/mol. The average Bonchev–Trinajstić information content (AvgIpc) is 3.45. The van der Waals surface area contributed by atoms with Crippen LogP contribution in [0.4, 0.5) is 13.2 Å². The van der Waals surface area contributed by atoms with Crippen LogP contribution in [0, 0.1) is 6.92 Å². The van der Waals surface area contributed by atoms with Crippen molar-refractivity contribution in [2.24, 2.45) is 0 Å². The van der Waals surface area contributed by atoms with Gasteiger partial charge in [0.2, 0.25) is 0 Å². The van der Waals surface area contributed by atoms with Crippen LogP contribution in [-0.2, 0) is 19.3 Å². The van der Waals surface area contributed by atoms with Crippen LogP contribution in [0.1, 0.15) is 27.4 Å². The van der Waals surface area contributed by atoms with Gasteiger partial charge in [0.1, 0.15) is 16.4 Å². The maximum Gasteiger partial charge on any atom is 0.416 e. The lowest BCUT2D eigenvalue weighted by atomic mass is 10.1. The summed E-state index contributed by atoms with van der Waals surface area (Å²) in [6.07, 6.45) is -1.22. The number of benzene rings is 1. The Labute approximate surface area is 206 Å². The zero-order chi connectivity index (χ0) is 24.9. The summed E-state index contributed by atoms with van der Waals surface area (Å²) in [6.45, 7) is 2.56. The summed E-state index contributed by atoms with van der Waals surface area (Å²) in [5.41, 5.74) is 1.03. The molecule has 0 saturated heterocycles. The second kappa shape index (κ2) is 8.65. The van der Waals surface area contributed by atoms with Gasteiger partial charge in [0.15, 0.2) is 0 Å². The van der Waals surface area contributed by atoms with Gasteiger partial charge in [-0.2, -0.15) is 13.2 Å². The van der Waals surface area contributed by atoms with E-state index < -0.39 is 11.7 Å². The van der Waals surface area contributed by atoms with E-state index in [0.29, 0.717) is 22.9 Å². The molecule has 35 heavy (non-hydrogen) atoms. The summed E-state index contributed by atoms with van der Waals surface area (Å²) in [7, 11) is 0. The highest BCUT2D eigenvalue weighted by Crippen LogP contribution is 2.37. The third-order valence-corrected chi connectivity index (χ3v) is 6.93. The predicted octanol–water partition coefficient (Wildman–Crippen LogP) is 4.79. The molecule has 0 bridgehead atoms. The van der Waals surface area contributed by atoms with Crippen molar-refractivity contribution in [3.63, 3.8) is 0 Å². The van der Waals surface area contributed by atoms with E-state index in [9.17, 15) is 22.8 Å². The number of halogens is 4. The smallest absolute Gasteiger partial charge is 0.330 e. The molecule has 5 rings (SSSR count). The van der Waals surface area contributed by atoms with Gasteiger partial charge in [-0.1, -0.05) is 11.6 Å². The molecule has 0 fully saturated rings. The van der Waals surface area contributed by atoms with Crippen molar-refractivity contribution in [2.75, 3.05) is 6.54 Å². The summed E-state index contributed by atoms with van der Waals surface area (Å²) in [4.78, 5) is 36.2. The van der Waals surface area contributed by atoms with Crippen LogP contribution in [0.15, 0.2) is 53.0 Å². The molecular formula is C23H17ClF3N5O2S. The summed E-state index contributed by atoms with van der Waals surface area (Å²) in [5, 5.41) is 2.17. The lowest BCUT2D eigenvalue weighted by molar-refractivity contribution is -0.137. The van der Waals surface area contributed by atoms with Crippen LogP contribution in [0.2, 0.25) is 5.02 Å². The number of hydrogen-bond acceptors (Lipinski definition) is 5. The largest absolute Gasteiger partial charge is 0.416 e. The number of alkyl halides is 3. The topological polar surface area (TPSA) is 73.0 Å². The number of hydrogen-bond donors (Lipinski definition) is 0. The van der Waals surface area contributed by atoms with Gasteiger partial charge < -0.3 is 14.0 Å². The van der Waals surface area contributed by atoms with Crippen molar-refractivity contribution >= 4 is 28.8 Å². The Morgan fingerprint density at radius 1 is 1.14 bits per heavy atom. The van der Waals surface area contributed by atoms with Crippen LogP contribution in [0.25, 0.3) is 16.3 Å². The summed E-state index contributed by atoms with van der Waals surface area (Å²) in [5.74, 6) is -0.326. The fourth-order valence-corrected chi connectivity index (χ4v) is 5.03. The van der Waals surface area contributed by atoms with E-state index in [1.807, 2.05) is 6.92 Å². The Morgan fingerprint density at radius 2 is 1.94 bits per heavy atom. The Bertz CT molecular complexity index is 1510. The van der Waals surface area contributed by atoms with Gasteiger partial charge in [0.25, 0.3) is 11.5 Å². The van der Waals surface area contributed by atoms with E-state index >= 15 is 0 Å². The van der Waals surface area contributed by atoms with Crippen molar-refractivity contribution < 1.29 is 18.0 Å². The molecule has 7 nitrogen and oxygen atoms in total. The maximum atomic E-state index is 13.1. The van der Waals surface area contributed by atoms with Gasteiger partial charge in [-0.15, -0.1) is 11.3 Å². The SMILES string of the molecule is Cc1cn(-c2ccc3n(c2=O)CCN(Cc2csc(-c4cc(C(F)(F)F)ccc4Cl)n2)C3=O)cn1. The minimum Gasteiger partial charge on any atom is -0.330 e. The van der Waals surface area contributed by atoms with E-state index in [0.717, 1.165) is 29.2 Å². The summed E-state index contributed by atoms with van der Waals surface area (Å²) in [6, 6.07) is 6.29. The standard InChI is InChI=1S/C23H17ClF3N5O2S/c1-13-9-31(12-28-13)18-4-5-19-21(33)30(6-7-32(19)22(18)34)10-15-11-35-20(29-15)16-8-14(23(25,26)27)2-3-17(16)24/h2-5,8-9,11-12H,6-7,10H2,1H3. The van der Waals surface area contributed by atoms with Gasteiger partial charge in [-0.05, 0) is 37.3 Å². The lowest BCUT2D eigenvalue weighted by Crippen LogP contribution is -2.44. The molecule has 4 aromatic rings. The van der Waals surface area contributed by atoms with E-state index in [2.05, 4.69) is 9.97 Å². The second-order valence-corrected chi connectivity index (χ2v) is 9.31. The number of aryl methyl sites for hydroxylation is 1. The quantitative estimate of drug-likeness (QED) is 0.388. The van der Waals surface area contributed by atoms with Crippen molar-refractivity contribution in [2.45, 2.75) is 26.2 Å². The number of nitrogens with zero attached hydrogens (tertiary/aromatic N) is 5. The van der Waals surface area contributed by atoms with Gasteiger partial charge in [0, 0.05) is 30.2 Å². The van der Waals surface area contributed by atoms with E-state index in [1.54, 1.807) is 39.5 Å². The summed E-state index contributed by atoms with van der Waals surface area (Å²) >= 11 is 7.28. The highest BCUT2D eigenvalue weighted by atomic mass is 35.5. The maximum absolute atomic E-state index is 13.1. The molecule has 0 aliphatic carbocycles. The number of rotatable bonds is 4. The Hall–Kier alpha value is -3.44. The molecule has 0 radical (unpaired) electrons. The molecule has 180 valence electrons.